The first kappa shape index (κ1) is 11.7. The third-order valence-electron chi connectivity index (χ3n) is 3.32. The number of hydrogen-bond donors (Lipinski definition) is 0. The number of hydrogen-bond acceptors (Lipinski definition) is 1. The third-order valence-corrected chi connectivity index (χ3v) is 3.63. The minimum atomic E-state index is -0.187. The van der Waals surface area contributed by atoms with Crippen LogP contribution in [0.2, 0.25) is 0 Å². The zero-order valence-corrected chi connectivity index (χ0v) is 10.3. The lowest BCUT2D eigenvalue weighted by Gasteiger charge is -2.19. The maximum absolute atomic E-state index is 13.4. The van der Waals surface area contributed by atoms with Crippen molar-refractivity contribution in [2.75, 3.05) is 18.0 Å². The minimum absolute atomic E-state index is 0.187. The average molecular weight is 242 g/mol. The summed E-state index contributed by atoms with van der Waals surface area (Å²) >= 11 is 5.75. The summed E-state index contributed by atoms with van der Waals surface area (Å²) in [5, 5.41) is 0. The van der Waals surface area contributed by atoms with Crippen LogP contribution in [-0.2, 0) is 5.88 Å². The van der Waals surface area contributed by atoms with E-state index < -0.39 is 0 Å². The monoisotopic (exact) mass is 241 g/mol. The lowest BCUT2D eigenvalue weighted by Crippen LogP contribution is -2.19. The molecular formula is C13H17ClFN. The molecule has 0 N–H and O–H groups in total. The van der Waals surface area contributed by atoms with E-state index in [9.17, 15) is 4.39 Å². The number of halogens is 2. The molecule has 1 nitrogen and oxygen atoms in total. The highest BCUT2D eigenvalue weighted by molar-refractivity contribution is 6.17. The van der Waals surface area contributed by atoms with Crippen LogP contribution in [0, 0.1) is 11.7 Å². The zero-order valence-electron chi connectivity index (χ0n) is 9.55. The van der Waals surface area contributed by atoms with Crippen molar-refractivity contribution in [3.8, 4) is 0 Å². The molecule has 0 radical (unpaired) electrons. The van der Waals surface area contributed by atoms with Gasteiger partial charge in [0.2, 0.25) is 0 Å². The van der Waals surface area contributed by atoms with Crippen LogP contribution in [0.3, 0.4) is 0 Å². The van der Waals surface area contributed by atoms with Gasteiger partial charge in [0, 0.05) is 24.7 Å². The molecule has 1 unspecified atom stereocenters. The average Bonchev–Trinajstić information content (AvgIpc) is 2.76. The molecule has 0 aromatic heterocycles. The van der Waals surface area contributed by atoms with E-state index in [1.165, 1.54) is 18.9 Å². The summed E-state index contributed by atoms with van der Waals surface area (Å²) in [6.07, 6.45) is 2.41. The normalized spacial score (nSPS) is 20.4. The Bertz CT molecular complexity index is 367. The summed E-state index contributed by atoms with van der Waals surface area (Å²) < 4.78 is 13.4. The fourth-order valence-electron chi connectivity index (χ4n) is 2.29. The Kier molecular flexibility index (Phi) is 3.70. The molecule has 0 amide bonds. The molecule has 1 aromatic carbocycles. The lowest BCUT2D eigenvalue weighted by molar-refractivity contribution is 0.569. The van der Waals surface area contributed by atoms with Gasteiger partial charge < -0.3 is 4.90 Å². The summed E-state index contributed by atoms with van der Waals surface area (Å²) in [6, 6.07) is 5.10. The topological polar surface area (TPSA) is 3.24 Å². The van der Waals surface area contributed by atoms with E-state index in [0.717, 1.165) is 30.3 Å². The lowest BCUT2D eigenvalue weighted by atomic mass is 10.1. The molecule has 0 aliphatic carbocycles. The molecule has 1 heterocycles. The van der Waals surface area contributed by atoms with Gasteiger partial charge in [0.05, 0.1) is 0 Å². The second-order valence-corrected chi connectivity index (χ2v) is 4.73. The van der Waals surface area contributed by atoms with E-state index in [1.54, 1.807) is 6.07 Å². The highest BCUT2D eigenvalue weighted by Crippen LogP contribution is 2.27. The van der Waals surface area contributed by atoms with Gasteiger partial charge in [0.25, 0.3) is 0 Å². The Balaban J connectivity index is 2.17. The Labute approximate surface area is 101 Å². The molecule has 16 heavy (non-hydrogen) atoms. The van der Waals surface area contributed by atoms with Crippen LogP contribution in [-0.4, -0.2) is 13.1 Å². The fourth-order valence-corrected chi connectivity index (χ4v) is 2.45. The van der Waals surface area contributed by atoms with E-state index in [-0.39, 0.29) is 5.82 Å². The maximum atomic E-state index is 13.4. The van der Waals surface area contributed by atoms with Crippen LogP contribution in [0.1, 0.15) is 25.3 Å². The number of rotatable bonds is 3. The summed E-state index contributed by atoms with van der Waals surface area (Å²) in [4.78, 5) is 2.26. The van der Waals surface area contributed by atoms with Crippen LogP contribution in [0.15, 0.2) is 18.2 Å². The molecule has 1 saturated heterocycles. The molecule has 1 aliphatic heterocycles. The van der Waals surface area contributed by atoms with E-state index in [2.05, 4.69) is 11.8 Å². The van der Waals surface area contributed by atoms with E-state index in [0.29, 0.717) is 5.88 Å². The largest absolute Gasteiger partial charge is 0.371 e. The van der Waals surface area contributed by atoms with Gasteiger partial charge in [-0.15, -0.1) is 11.6 Å². The smallest absolute Gasteiger partial charge is 0.125 e. The van der Waals surface area contributed by atoms with Crippen molar-refractivity contribution in [3.63, 3.8) is 0 Å². The Morgan fingerprint density at radius 1 is 1.44 bits per heavy atom. The van der Waals surface area contributed by atoms with Gasteiger partial charge in [-0.1, -0.05) is 13.3 Å². The highest BCUT2D eigenvalue weighted by atomic mass is 35.5. The molecule has 0 bridgehead atoms. The van der Waals surface area contributed by atoms with Gasteiger partial charge in [0.1, 0.15) is 5.82 Å². The van der Waals surface area contributed by atoms with Crippen LogP contribution >= 0.6 is 11.6 Å². The molecular weight excluding hydrogens is 225 g/mol. The first-order valence-electron chi connectivity index (χ1n) is 5.83. The first-order chi connectivity index (χ1) is 7.72. The quantitative estimate of drug-likeness (QED) is 0.728. The van der Waals surface area contributed by atoms with Crippen LogP contribution < -0.4 is 4.90 Å². The first-order valence-corrected chi connectivity index (χ1v) is 6.36. The van der Waals surface area contributed by atoms with E-state index in [1.807, 2.05) is 6.07 Å². The van der Waals surface area contributed by atoms with Crippen molar-refractivity contribution in [3.05, 3.63) is 29.6 Å². The van der Waals surface area contributed by atoms with Gasteiger partial charge in [-0.05, 0) is 36.1 Å². The van der Waals surface area contributed by atoms with Gasteiger partial charge in [-0.25, -0.2) is 4.39 Å². The maximum Gasteiger partial charge on any atom is 0.125 e. The van der Waals surface area contributed by atoms with Crippen LogP contribution in [0.4, 0.5) is 10.1 Å². The van der Waals surface area contributed by atoms with Gasteiger partial charge >= 0.3 is 0 Å². The molecule has 1 aromatic rings. The second-order valence-electron chi connectivity index (χ2n) is 4.46. The fraction of sp³-hybridized carbons (Fsp3) is 0.538. The summed E-state index contributed by atoms with van der Waals surface area (Å²) in [7, 11) is 0. The number of anilines is 1. The van der Waals surface area contributed by atoms with Crippen molar-refractivity contribution in [1.82, 2.24) is 0 Å². The molecule has 1 atom stereocenters. The molecule has 1 fully saturated rings. The van der Waals surface area contributed by atoms with Gasteiger partial charge in [-0.2, -0.15) is 0 Å². The van der Waals surface area contributed by atoms with Gasteiger partial charge in [0.15, 0.2) is 0 Å². The predicted molar refractivity (Wildman–Crippen MR) is 66.6 cm³/mol. The highest BCUT2D eigenvalue weighted by Gasteiger charge is 2.21. The SMILES string of the molecule is CCC1CCN(c2cc(F)cc(CCl)c2)C1. The number of benzene rings is 1. The van der Waals surface area contributed by atoms with E-state index in [4.69, 9.17) is 11.6 Å². The standard InChI is InChI=1S/C13H17ClFN/c1-2-10-3-4-16(9-10)13-6-11(8-14)5-12(15)7-13/h5-7,10H,2-4,8-9H2,1H3. The predicted octanol–water partition coefficient (Wildman–Crippen LogP) is 3.80. The van der Waals surface area contributed by atoms with Crippen molar-refractivity contribution in [2.45, 2.75) is 25.6 Å². The molecule has 1 aliphatic rings. The summed E-state index contributed by atoms with van der Waals surface area (Å²) in [5.74, 6) is 0.936. The van der Waals surface area contributed by atoms with Crippen molar-refractivity contribution in [2.24, 2.45) is 5.92 Å². The summed E-state index contributed by atoms with van der Waals surface area (Å²) in [6.45, 7) is 4.29. The number of nitrogens with zero attached hydrogens (tertiary/aromatic N) is 1. The van der Waals surface area contributed by atoms with Crippen molar-refractivity contribution in [1.29, 1.82) is 0 Å². The van der Waals surface area contributed by atoms with Crippen LogP contribution in [0.25, 0.3) is 0 Å². The molecule has 0 saturated carbocycles. The molecule has 3 heteroatoms. The molecule has 2 rings (SSSR count). The number of alkyl halides is 1. The zero-order chi connectivity index (χ0) is 11.5. The Morgan fingerprint density at radius 3 is 2.88 bits per heavy atom. The van der Waals surface area contributed by atoms with Crippen LogP contribution in [0.5, 0.6) is 0 Å². The van der Waals surface area contributed by atoms with Crippen molar-refractivity contribution < 1.29 is 4.39 Å². The summed E-state index contributed by atoms with van der Waals surface area (Å²) in [5.41, 5.74) is 1.84. The second kappa shape index (κ2) is 5.05. The van der Waals surface area contributed by atoms with E-state index >= 15 is 0 Å². The third kappa shape index (κ3) is 2.49. The Hall–Kier alpha value is -0.760. The van der Waals surface area contributed by atoms with Crippen molar-refractivity contribution >= 4 is 17.3 Å². The minimum Gasteiger partial charge on any atom is -0.371 e. The molecule has 0 spiro atoms. The van der Waals surface area contributed by atoms with Gasteiger partial charge in [-0.3, -0.25) is 0 Å². The Morgan fingerprint density at radius 2 is 2.25 bits per heavy atom. The molecule has 88 valence electrons.